The van der Waals surface area contributed by atoms with Crippen molar-refractivity contribution in [1.29, 1.82) is 0 Å². The van der Waals surface area contributed by atoms with Gasteiger partial charge in [-0.1, -0.05) is 0 Å². The Morgan fingerprint density at radius 3 is 1.32 bits per heavy atom. The summed E-state index contributed by atoms with van der Waals surface area (Å²) in [6, 6.07) is 0. The van der Waals surface area contributed by atoms with Gasteiger partial charge in [-0.3, -0.25) is 9.59 Å². The van der Waals surface area contributed by atoms with Crippen molar-refractivity contribution >= 4 is 17.9 Å². The molecule has 0 aromatic carbocycles. The number of aliphatic carboxylic acids is 3. The number of aliphatic hydroxyl groups excluding tert-OH is 3. The van der Waals surface area contributed by atoms with E-state index in [1.165, 1.54) is 6.92 Å². The molecule has 9 nitrogen and oxygen atoms in total. The van der Waals surface area contributed by atoms with Crippen molar-refractivity contribution in [1.82, 2.24) is 0 Å². The number of hydrogen-bond donors (Lipinski definition) is 6. The summed E-state index contributed by atoms with van der Waals surface area (Å²) >= 11 is 0. The van der Waals surface area contributed by atoms with E-state index in [0.717, 1.165) is 0 Å². The van der Waals surface area contributed by atoms with Crippen LogP contribution in [0.3, 0.4) is 0 Å². The number of carboxylic acid groups (broad SMARTS) is 3. The van der Waals surface area contributed by atoms with Gasteiger partial charge in [0.1, 0.15) is 6.10 Å². The number of rotatable bonds is 6. The molecule has 1 unspecified atom stereocenters. The molecule has 0 amide bonds. The minimum Gasteiger partial charge on any atom is -0.481 e. The molecule has 0 saturated heterocycles. The summed E-state index contributed by atoms with van der Waals surface area (Å²) in [5, 5.41) is 47.4. The number of carboxylic acids is 3. The lowest BCUT2D eigenvalue weighted by Crippen LogP contribution is -2.13. The molecule has 0 aliphatic rings. The average molecular weight is 284 g/mol. The van der Waals surface area contributed by atoms with Crippen molar-refractivity contribution in [2.45, 2.75) is 32.3 Å². The van der Waals surface area contributed by atoms with E-state index < -0.39 is 24.0 Å². The Balaban J connectivity index is -0.000000203. The first-order valence-electron chi connectivity index (χ1n) is 5.25. The highest BCUT2D eigenvalue weighted by molar-refractivity contribution is 5.71. The lowest BCUT2D eigenvalue weighted by atomic mass is 10.3. The summed E-state index contributed by atoms with van der Waals surface area (Å²) in [6.45, 7) is 0.893. The molecule has 9 heteroatoms. The van der Waals surface area contributed by atoms with Crippen LogP contribution in [0, 0.1) is 0 Å². The molecule has 6 N–H and O–H groups in total. The van der Waals surface area contributed by atoms with Crippen LogP contribution in [0.2, 0.25) is 0 Å². The first-order chi connectivity index (χ1) is 8.68. The monoisotopic (exact) mass is 284 g/mol. The van der Waals surface area contributed by atoms with Gasteiger partial charge in [0.15, 0.2) is 0 Å². The Morgan fingerprint density at radius 1 is 0.895 bits per heavy atom. The quantitative estimate of drug-likeness (QED) is 0.348. The van der Waals surface area contributed by atoms with E-state index in [2.05, 4.69) is 0 Å². The Morgan fingerprint density at radius 2 is 1.26 bits per heavy atom. The first kappa shape index (κ1) is 22.5. The lowest BCUT2D eigenvalue weighted by molar-refractivity contribution is -0.145. The van der Waals surface area contributed by atoms with Gasteiger partial charge in [-0.15, -0.1) is 0 Å². The van der Waals surface area contributed by atoms with Crippen LogP contribution < -0.4 is 0 Å². The number of carbonyl (C=O) groups is 3. The van der Waals surface area contributed by atoms with Crippen LogP contribution >= 0.6 is 0 Å². The van der Waals surface area contributed by atoms with Crippen molar-refractivity contribution in [3.63, 3.8) is 0 Å². The van der Waals surface area contributed by atoms with Crippen molar-refractivity contribution in [3.05, 3.63) is 0 Å². The third-order valence-corrected chi connectivity index (χ3v) is 1.23. The molecule has 0 aromatic heterocycles. The van der Waals surface area contributed by atoms with E-state index in [-0.39, 0.29) is 26.1 Å². The zero-order valence-electron chi connectivity index (χ0n) is 10.5. The van der Waals surface area contributed by atoms with Gasteiger partial charge in [-0.25, -0.2) is 4.79 Å². The van der Waals surface area contributed by atoms with Crippen LogP contribution in [0.25, 0.3) is 0 Å². The minimum atomic E-state index is -1.23. The van der Waals surface area contributed by atoms with Crippen LogP contribution in [0.4, 0.5) is 0 Å². The summed E-state index contributed by atoms with van der Waals surface area (Å²) in [5.41, 5.74) is 0. The smallest absolute Gasteiger partial charge is 0.332 e. The highest BCUT2D eigenvalue weighted by Crippen LogP contribution is 1.83. The molecule has 0 rings (SSSR count). The van der Waals surface area contributed by atoms with Gasteiger partial charge in [0, 0.05) is 13.0 Å². The zero-order valence-corrected chi connectivity index (χ0v) is 10.5. The second kappa shape index (κ2) is 16.3. The number of aliphatic hydroxyl groups is 3. The summed E-state index contributed by atoms with van der Waals surface area (Å²) in [7, 11) is 0. The molecular formula is C10H20O9. The van der Waals surface area contributed by atoms with E-state index in [9.17, 15) is 14.4 Å². The van der Waals surface area contributed by atoms with Crippen LogP contribution in [0.5, 0.6) is 0 Å². The van der Waals surface area contributed by atoms with Gasteiger partial charge in [-0.05, 0) is 13.3 Å². The molecule has 114 valence electrons. The SMILES string of the molecule is CC(O)C(=O)O.O=C(O)CCCO.O=C(O)CCO. The van der Waals surface area contributed by atoms with Gasteiger partial charge >= 0.3 is 17.9 Å². The maximum absolute atomic E-state index is 9.65. The maximum Gasteiger partial charge on any atom is 0.332 e. The molecule has 0 aliphatic heterocycles. The second-order valence-electron chi connectivity index (χ2n) is 3.10. The largest absolute Gasteiger partial charge is 0.481 e. The van der Waals surface area contributed by atoms with Gasteiger partial charge < -0.3 is 30.6 Å². The summed E-state index contributed by atoms with van der Waals surface area (Å²) in [5.74, 6) is -3.00. The Labute approximate surface area is 109 Å². The fourth-order valence-electron chi connectivity index (χ4n) is 0.326. The van der Waals surface area contributed by atoms with E-state index in [1.54, 1.807) is 0 Å². The normalized spacial score (nSPS) is 10.1. The molecule has 0 radical (unpaired) electrons. The van der Waals surface area contributed by atoms with E-state index in [0.29, 0.717) is 6.42 Å². The summed E-state index contributed by atoms with van der Waals surface area (Å²) in [6.07, 6.45) is -0.962. The van der Waals surface area contributed by atoms with Crippen molar-refractivity contribution < 1.29 is 45.0 Å². The summed E-state index contributed by atoms with van der Waals surface area (Å²) < 4.78 is 0. The molecule has 0 saturated carbocycles. The van der Waals surface area contributed by atoms with E-state index in [4.69, 9.17) is 30.6 Å². The van der Waals surface area contributed by atoms with Gasteiger partial charge in [0.25, 0.3) is 0 Å². The fourth-order valence-corrected chi connectivity index (χ4v) is 0.326. The molecule has 0 fully saturated rings. The highest BCUT2D eigenvalue weighted by atomic mass is 16.4. The van der Waals surface area contributed by atoms with Crippen molar-refractivity contribution in [2.24, 2.45) is 0 Å². The Bertz CT molecular complexity index is 249. The molecule has 0 bridgehead atoms. The second-order valence-corrected chi connectivity index (χ2v) is 3.10. The standard InChI is InChI=1S/C4H8O3.2C3H6O3/c5-3-1-2-4(6)7;1-2(4)3(5)6;4-2-1-3(5)6/h5H,1-3H2,(H,6,7);2,4H,1H3,(H,5,6);4H,1-2H2,(H,5,6). The third kappa shape index (κ3) is 38.5. The first-order valence-corrected chi connectivity index (χ1v) is 5.25. The highest BCUT2D eigenvalue weighted by Gasteiger charge is 2.01. The molecule has 0 spiro atoms. The van der Waals surface area contributed by atoms with Crippen molar-refractivity contribution in [3.8, 4) is 0 Å². The average Bonchev–Trinajstić information content (AvgIpc) is 2.27. The van der Waals surface area contributed by atoms with Gasteiger partial charge in [0.05, 0.1) is 13.0 Å². The minimum absolute atomic E-state index is 0.0354. The predicted molar refractivity (Wildman–Crippen MR) is 62.6 cm³/mol. The Kier molecular flexibility index (Phi) is 19.3. The molecule has 0 aromatic rings. The lowest BCUT2D eigenvalue weighted by Gasteiger charge is -1.89. The third-order valence-electron chi connectivity index (χ3n) is 1.23. The molecule has 19 heavy (non-hydrogen) atoms. The van der Waals surface area contributed by atoms with E-state index in [1.807, 2.05) is 0 Å². The zero-order chi connectivity index (χ0) is 15.8. The Hall–Kier alpha value is -1.71. The van der Waals surface area contributed by atoms with Crippen LogP contribution in [-0.2, 0) is 14.4 Å². The molecule has 0 aliphatic carbocycles. The predicted octanol–water partition coefficient (Wildman–Crippen LogP) is -1.25. The maximum atomic E-state index is 9.65. The fraction of sp³-hybridized carbons (Fsp3) is 0.700. The van der Waals surface area contributed by atoms with Gasteiger partial charge in [-0.2, -0.15) is 0 Å². The van der Waals surface area contributed by atoms with Crippen LogP contribution in [-0.4, -0.2) is 67.9 Å². The molecular weight excluding hydrogens is 264 g/mol. The van der Waals surface area contributed by atoms with Crippen LogP contribution in [0.15, 0.2) is 0 Å². The van der Waals surface area contributed by atoms with Crippen molar-refractivity contribution in [2.75, 3.05) is 13.2 Å². The van der Waals surface area contributed by atoms with Gasteiger partial charge in [0.2, 0.25) is 0 Å². The van der Waals surface area contributed by atoms with Crippen LogP contribution in [0.1, 0.15) is 26.2 Å². The molecule has 1 atom stereocenters. The molecule has 0 heterocycles. The topological polar surface area (TPSA) is 173 Å². The van der Waals surface area contributed by atoms with E-state index >= 15 is 0 Å². The summed E-state index contributed by atoms with van der Waals surface area (Å²) in [4.78, 5) is 28.5. The number of hydrogen-bond acceptors (Lipinski definition) is 6.